The molecule has 0 amide bonds. The van der Waals surface area contributed by atoms with E-state index in [9.17, 15) is 15.0 Å². The molecule has 6 heteroatoms. The third-order valence-corrected chi connectivity index (χ3v) is 6.08. The van der Waals surface area contributed by atoms with Gasteiger partial charge in [-0.1, -0.05) is 37.6 Å². The van der Waals surface area contributed by atoms with E-state index in [0.717, 1.165) is 31.2 Å². The van der Waals surface area contributed by atoms with Gasteiger partial charge in [0.1, 0.15) is 5.75 Å². The first-order valence-electron chi connectivity index (χ1n) is 10.5. The Hall–Kier alpha value is -1.56. The summed E-state index contributed by atoms with van der Waals surface area (Å²) in [6, 6.07) is 7.46. The average Bonchev–Trinajstić information content (AvgIpc) is 2.95. The van der Waals surface area contributed by atoms with Crippen LogP contribution in [-0.2, 0) is 4.79 Å². The number of aliphatic carboxylic acids is 1. The van der Waals surface area contributed by atoms with Crippen LogP contribution in [-0.4, -0.2) is 39.4 Å². The SMILES string of the molecule is CCCC(O)c1ccc(OC[C@@H]2[C@@H](C/C=C\CCCC(=O)O)[C@H](Cl)C[C@H]2O)cc1. The molecule has 0 heterocycles. The van der Waals surface area contributed by atoms with Crippen molar-refractivity contribution in [3.8, 4) is 5.75 Å². The van der Waals surface area contributed by atoms with Crippen LogP contribution in [0.5, 0.6) is 5.75 Å². The van der Waals surface area contributed by atoms with E-state index in [1.54, 1.807) is 0 Å². The van der Waals surface area contributed by atoms with Crippen LogP contribution in [0.1, 0.15) is 63.5 Å². The summed E-state index contributed by atoms with van der Waals surface area (Å²) in [6.45, 7) is 2.43. The first-order chi connectivity index (χ1) is 13.9. The number of alkyl halides is 1. The van der Waals surface area contributed by atoms with Crippen molar-refractivity contribution in [2.24, 2.45) is 11.8 Å². The molecule has 1 aromatic rings. The van der Waals surface area contributed by atoms with Gasteiger partial charge >= 0.3 is 5.97 Å². The van der Waals surface area contributed by atoms with Gasteiger partial charge in [-0.3, -0.25) is 4.79 Å². The van der Waals surface area contributed by atoms with E-state index >= 15 is 0 Å². The molecule has 0 saturated heterocycles. The van der Waals surface area contributed by atoms with E-state index in [-0.39, 0.29) is 23.6 Å². The van der Waals surface area contributed by atoms with Crippen LogP contribution in [0, 0.1) is 11.8 Å². The Morgan fingerprint density at radius 1 is 1.28 bits per heavy atom. The second-order valence-electron chi connectivity index (χ2n) is 7.82. The van der Waals surface area contributed by atoms with Crippen LogP contribution in [0.4, 0.5) is 0 Å². The molecule has 0 spiro atoms. The predicted octanol–water partition coefficient (Wildman–Crippen LogP) is 4.70. The van der Waals surface area contributed by atoms with E-state index < -0.39 is 18.2 Å². The van der Waals surface area contributed by atoms with E-state index in [0.29, 0.717) is 25.2 Å². The monoisotopic (exact) mass is 424 g/mol. The fraction of sp³-hybridized carbons (Fsp3) is 0.609. The third kappa shape index (κ3) is 7.65. The van der Waals surface area contributed by atoms with Crippen LogP contribution >= 0.6 is 11.6 Å². The Kier molecular flexibility index (Phi) is 9.98. The van der Waals surface area contributed by atoms with Gasteiger partial charge in [-0.2, -0.15) is 0 Å². The first-order valence-corrected chi connectivity index (χ1v) is 11.0. The zero-order chi connectivity index (χ0) is 21.2. The van der Waals surface area contributed by atoms with E-state index in [2.05, 4.69) is 0 Å². The van der Waals surface area contributed by atoms with Crippen LogP contribution in [0.2, 0.25) is 0 Å². The highest BCUT2D eigenvalue weighted by molar-refractivity contribution is 6.21. The molecule has 2 rings (SSSR count). The normalized spacial score (nSPS) is 25.4. The molecule has 3 N–H and O–H groups in total. The molecule has 1 unspecified atom stereocenters. The number of carboxylic acid groups (broad SMARTS) is 1. The van der Waals surface area contributed by atoms with Crippen molar-refractivity contribution in [3.05, 3.63) is 42.0 Å². The summed E-state index contributed by atoms with van der Waals surface area (Å²) in [5.41, 5.74) is 0.881. The molecule has 162 valence electrons. The van der Waals surface area contributed by atoms with Gasteiger partial charge in [-0.25, -0.2) is 0 Å². The van der Waals surface area contributed by atoms with Gasteiger partial charge in [0.05, 0.1) is 18.8 Å². The van der Waals surface area contributed by atoms with Gasteiger partial charge in [0, 0.05) is 17.7 Å². The molecular formula is C23H33ClO5. The van der Waals surface area contributed by atoms with Crippen LogP contribution in [0.25, 0.3) is 0 Å². The Morgan fingerprint density at radius 3 is 2.66 bits per heavy atom. The van der Waals surface area contributed by atoms with Crippen LogP contribution in [0.3, 0.4) is 0 Å². The molecule has 1 aliphatic carbocycles. The van der Waals surface area contributed by atoms with Gasteiger partial charge in [0.2, 0.25) is 0 Å². The molecule has 0 bridgehead atoms. The number of carbonyl (C=O) groups is 1. The van der Waals surface area contributed by atoms with Gasteiger partial charge in [-0.05, 0) is 55.7 Å². The highest BCUT2D eigenvalue weighted by Crippen LogP contribution is 2.39. The number of unbranched alkanes of at least 4 members (excludes halogenated alkanes) is 1. The number of aliphatic hydroxyl groups is 2. The largest absolute Gasteiger partial charge is 0.493 e. The van der Waals surface area contributed by atoms with Crippen molar-refractivity contribution < 1.29 is 24.9 Å². The summed E-state index contributed by atoms with van der Waals surface area (Å²) in [6.07, 6.45) is 7.57. The Balaban J connectivity index is 1.85. The summed E-state index contributed by atoms with van der Waals surface area (Å²) in [4.78, 5) is 10.5. The minimum atomic E-state index is -0.775. The van der Waals surface area contributed by atoms with Crippen LogP contribution in [0.15, 0.2) is 36.4 Å². The van der Waals surface area contributed by atoms with E-state index in [1.165, 1.54) is 0 Å². The van der Waals surface area contributed by atoms with Crippen molar-refractivity contribution >= 4 is 17.6 Å². The molecule has 5 nitrogen and oxygen atoms in total. The van der Waals surface area contributed by atoms with Crippen molar-refractivity contribution in [2.45, 2.75) is 69.5 Å². The molecule has 5 atom stereocenters. The molecule has 1 fully saturated rings. The van der Waals surface area contributed by atoms with Crippen molar-refractivity contribution in [2.75, 3.05) is 6.61 Å². The first kappa shape index (κ1) is 23.7. The summed E-state index contributed by atoms with van der Waals surface area (Å²) >= 11 is 6.46. The Labute approximate surface area is 178 Å². The lowest BCUT2D eigenvalue weighted by molar-refractivity contribution is -0.137. The Bertz CT molecular complexity index is 645. The maximum absolute atomic E-state index is 10.5. The summed E-state index contributed by atoms with van der Waals surface area (Å²) in [7, 11) is 0. The number of carboxylic acids is 1. The topological polar surface area (TPSA) is 87.0 Å². The lowest BCUT2D eigenvalue weighted by Crippen LogP contribution is -2.27. The average molecular weight is 425 g/mol. The van der Waals surface area contributed by atoms with Crippen LogP contribution < -0.4 is 4.74 Å². The lowest BCUT2D eigenvalue weighted by Gasteiger charge is -2.22. The molecule has 1 aromatic carbocycles. The van der Waals surface area contributed by atoms with Gasteiger partial charge in [0.25, 0.3) is 0 Å². The molecule has 0 aromatic heterocycles. The minimum Gasteiger partial charge on any atom is -0.493 e. The fourth-order valence-corrected chi connectivity index (χ4v) is 4.32. The van der Waals surface area contributed by atoms with Gasteiger partial charge < -0.3 is 20.1 Å². The maximum Gasteiger partial charge on any atom is 0.303 e. The van der Waals surface area contributed by atoms with Crippen molar-refractivity contribution in [1.29, 1.82) is 0 Å². The zero-order valence-corrected chi connectivity index (χ0v) is 17.8. The maximum atomic E-state index is 10.5. The highest BCUT2D eigenvalue weighted by atomic mass is 35.5. The van der Waals surface area contributed by atoms with Gasteiger partial charge in [0.15, 0.2) is 0 Å². The second-order valence-corrected chi connectivity index (χ2v) is 8.38. The third-order valence-electron chi connectivity index (χ3n) is 5.58. The number of allylic oxidation sites excluding steroid dienone is 2. The second kappa shape index (κ2) is 12.2. The van der Waals surface area contributed by atoms with E-state index in [1.807, 2.05) is 43.3 Å². The summed E-state index contributed by atoms with van der Waals surface area (Å²) < 4.78 is 5.92. The predicted molar refractivity (Wildman–Crippen MR) is 114 cm³/mol. The van der Waals surface area contributed by atoms with Gasteiger partial charge in [-0.15, -0.1) is 11.6 Å². The molecular weight excluding hydrogens is 392 g/mol. The number of halogens is 1. The molecule has 0 radical (unpaired) electrons. The number of ether oxygens (including phenoxy) is 1. The number of hydrogen-bond donors (Lipinski definition) is 3. The molecule has 1 aliphatic rings. The zero-order valence-electron chi connectivity index (χ0n) is 17.0. The number of aliphatic hydroxyl groups excluding tert-OH is 2. The summed E-state index contributed by atoms with van der Waals surface area (Å²) in [5, 5.41) is 29.0. The fourth-order valence-electron chi connectivity index (χ4n) is 3.85. The quantitative estimate of drug-likeness (QED) is 0.257. The minimum absolute atomic E-state index is 0.0495. The molecule has 29 heavy (non-hydrogen) atoms. The molecule has 0 aliphatic heterocycles. The lowest BCUT2D eigenvalue weighted by atomic mass is 9.92. The van der Waals surface area contributed by atoms with Crippen molar-refractivity contribution in [3.63, 3.8) is 0 Å². The number of hydrogen-bond acceptors (Lipinski definition) is 4. The Morgan fingerprint density at radius 2 is 2.00 bits per heavy atom. The number of rotatable bonds is 12. The summed E-state index contributed by atoms with van der Waals surface area (Å²) in [5.74, 6) is 0.00783. The highest BCUT2D eigenvalue weighted by Gasteiger charge is 2.41. The van der Waals surface area contributed by atoms with Crippen molar-refractivity contribution in [1.82, 2.24) is 0 Å². The number of benzene rings is 1. The smallest absolute Gasteiger partial charge is 0.303 e. The molecule has 1 saturated carbocycles. The van der Waals surface area contributed by atoms with E-state index in [4.69, 9.17) is 21.4 Å². The standard InChI is InChI=1S/C23H33ClO5/c1-2-7-21(25)16-10-12-17(13-11-16)29-15-19-18(20(24)14-22(19)26)8-5-3-4-6-9-23(27)28/h3,5,10-13,18-22,25-26H,2,4,6-9,14-15H2,1H3,(H,27,28)/b5-3-/t18-,19-,20-,21?,22-/m1/s1.